The molecule has 0 spiro atoms. The molecule has 1 N–H and O–H groups in total. The molecule has 2 rings (SSSR count). The lowest BCUT2D eigenvalue weighted by atomic mass is 10.0. The number of hydrogen-bond acceptors (Lipinski definition) is 4. The van der Waals surface area contributed by atoms with Crippen molar-refractivity contribution < 1.29 is 19.1 Å². The minimum atomic E-state index is -0.645. The lowest BCUT2D eigenvalue weighted by molar-refractivity contribution is -0.142. The van der Waals surface area contributed by atoms with Gasteiger partial charge < -0.3 is 19.7 Å². The van der Waals surface area contributed by atoms with E-state index in [1.807, 2.05) is 62.4 Å². The normalized spacial score (nSPS) is 11.9. The van der Waals surface area contributed by atoms with Gasteiger partial charge in [0.05, 0.1) is 7.11 Å². The number of nitrogens with one attached hydrogen (secondary N) is 1. The number of benzene rings is 2. The van der Waals surface area contributed by atoms with Crippen LogP contribution in [0, 0.1) is 0 Å². The van der Waals surface area contributed by atoms with Crippen LogP contribution in [-0.4, -0.2) is 42.5 Å². The Balaban J connectivity index is 2.15. The molecule has 0 heterocycles. The minimum absolute atomic E-state index is 0.0144. The van der Waals surface area contributed by atoms with Crippen LogP contribution in [0.1, 0.15) is 51.7 Å². The number of hydrogen-bond donors (Lipinski definition) is 1. The van der Waals surface area contributed by atoms with Gasteiger partial charge in [-0.25, -0.2) is 0 Å². The smallest absolute Gasteiger partial charge is 0.261 e. The van der Waals surface area contributed by atoms with Crippen molar-refractivity contribution in [1.82, 2.24) is 10.2 Å². The molecule has 6 heteroatoms. The molecule has 0 aliphatic heterocycles. The predicted molar refractivity (Wildman–Crippen MR) is 122 cm³/mol. The number of rotatable bonds is 10. The maximum Gasteiger partial charge on any atom is 0.261 e. The monoisotopic (exact) mass is 426 g/mol. The molecule has 2 amide bonds. The standard InChI is InChI=1S/C25H34N2O4/c1-17(2)21-10-12-22(13-11-21)31-16-24(28)27(19(5)25(29)26-18(3)4)15-20-8-7-9-23(14-20)30-6/h7-14,17-19H,15-16H2,1-6H3,(H,26,29)/t19-/m1/s1. The topological polar surface area (TPSA) is 67.9 Å². The molecule has 0 saturated carbocycles. The third kappa shape index (κ3) is 7.31. The fourth-order valence-corrected chi connectivity index (χ4v) is 3.13. The Labute approximate surface area is 185 Å². The van der Waals surface area contributed by atoms with Crippen LogP contribution in [0.5, 0.6) is 11.5 Å². The van der Waals surface area contributed by atoms with Crippen LogP contribution in [0.25, 0.3) is 0 Å². The summed E-state index contributed by atoms with van der Waals surface area (Å²) in [5.74, 6) is 1.29. The zero-order valence-corrected chi connectivity index (χ0v) is 19.3. The van der Waals surface area contributed by atoms with E-state index in [0.717, 1.165) is 5.56 Å². The van der Waals surface area contributed by atoms with Crippen LogP contribution in [0.4, 0.5) is 0 Å². The molecular weight excluding hydrogens is 392 g/mol. The number of carbonyl (C=O) groups excluding carboxylic acids is 2. The third-order valence-corrected chi connectivity index (χ3v) is 4.99. The first-order chi connectivity index (χ1) is 14.7. The maximum absolute atomic E-state index is 13.1. The number of carbonyl (C=O) groups is 2. The molecule has 0 saturated heterocycles. The van der Waals surface area contributed by atoms with Crippen LogP contribution < -0.4 is 14.8 Å². The second-order valence-corrected chi connectivity index (χ2v) is 8.22. The lowest BCUT2D eigenvalue weighted by Crippen LogP contribution is -2.50. The van der Waals surface area contributed by atoms with E-state index in [1.165, 1.54) is 10.5 Å². The van der Waals surface area contributed by atoms with Gasteiger partial charge in [-0.3, -0.25) is 9.59 Å². The fourth-order valence-electron chi connectivity index (χ4n) is 3.13. The van der Waals surface area contributed by atoms with Gasteiger partial charge in [-0.1, -0.05) is 38.1 Å². The van der Waals surface area contributed by atoms with E-state index in [2.05, 4.69) is 19.2 Å². The third-order valence-electron chi connectivity index (χ3n) is 4.99. The largest absolute Gasteiger partial charge is 0.497 e. The summed E-state index contributed by atoms with van der Waals surface area (Å²) in [4.78, 5) is 27.2. The molecular formula is C25H34N2O4. The van der Waals surface area contributed by atoms with Crippen LogP contribution >= 0.6 is 0 Å². The fraction of sp³-hybridized carbons (Fsp3) is 0.440. The first kappa shape index (κ1) is 24.3. The summed E-state index contributed by atoms with van der Waals surface area (Å²) < 4.78 is 11.0. The number of ether oxygens (including phenoxy) is 2. The number of nitrogens with zero attached hydrogens (tertiary/aromatic N) is 1. The Morgan fingerprint density at radius 2 is 1.65 bits per heavy atom. The highest BCUT2D eigenvalue weighted by molar-refractivity contribution is 5.88. The highest BCUT2D eigenvalue weighted by Gasteiger charge is 2.27. The van der Waals surface area contributed by atoms with Gasteiger partial charge >= 0.3 is 0 Å². The summed E-state index contributed by atoms with van der Waals surface area (Å²) >= 11 is 0. The van der Waals surface area contributed by atoms with Gasteiger partial charge in [0.15, 0.2) is 6.61 Å². The minimum Gasteiger partial charge on any atom is -0.497 e. The van der Waals surface area contributed by atoms with Crippen LogP contribution in [0.15, 0.2) is 48.5 Å². The Hall–Kier alpha value is -3.02. The van der Waals surface area contributed by atoms with Gasteiger partial charge in [0.1, 0.15) is 17.5 Å². The highest BCUT2D eigenvalue weighted by atomic mass is 16.5. The van der Waals surface area contributed by atoms with Crippen molar-refractivity contribution in [3.8, 4) is 11.5 Å². The van der Waals surface area contributed by atoms with Gasteiger partial charge in [0.2, 0.25) is 5.91 Å². The Bertz CT molecular complexity index is 862. The SMILES string of the molecule is COc1cccc(CN(C(=O)COc2ccc(C(C)C)cc2)[C@H](C)C(=O)NC(C)C)c1. The molecule has 0 radical (unpaired) electrons. The van der Waals surface area contributed by atoms with E-state index < -0.39 is 6.04 Å². The van der Waals surface area contributed by atoms with E-state index in [1.54, 1.807) is 14.0 Å². The summed E-state index contributed by atoms with van der Waals surface area (Å²) in [5.41, 5.74) is 2.08. The van der Waals surface area contributed by atoms with Crippen LogP contribution in [0.3, 0.4) is 0 Å². The van der Waals surface area contributed by atoms with E-state index in [4.69, 9.17) is 9.47 Å². The first-order valence-electron chi connectivity index (χ1n) is 10.7. The maximum atomic E-state index is 13.1. The first-order valence-corrected chi connectivity index (χ1v) is 10.7. The quantitative estimate of drug-likeness (QED) is 0.620. The van der Waals surface area contributed by atoms with Crippen molar-refractivity contribution >= 4 is 11.8 Å². The van der Waals surface area contributed by atoms with Crippen molar-refractivity contribution in [2.24, 2.45) is 0 Å². The molecule has 0 unspecified atom stereocenters. The molecule has 2 aromatic carbocycles. The van der Waals surface area contributed by atoms with Crippen molar-refractivity contribution in [3.05, 3.63) is 59.7 Å². The van der Waals surface area contributed by atoms with E-state index in [0.29, 0.717) is 17.4 Å². The zero-order chi connectivity index (χ0) is 23.0. The molecule has 2 aromatic rings. The average Bonchev–Trinajstić information content (AvgIpc) is 2.75. The van der Waals surface area contributed by atoms with Crippen molar-refractivity contribution in [1.29, 1.82) is 0 Å². The van der Waals surface area contributed by atoms with Crippen LogP contribution in [-0.2, 0) is 16.1 Å². The summed E-state index contributed by atoms with van der Waals surface area (Å²) in [6.45, 7) is 9.89. The molecule has 0 aliphatic rings. The van der Waals surface area contributed by atoms with E-state index in [-0.39, 0.29) is 31.0 Å². The lowest BCUT2D eigenvalue weighted by Gasteiger charge is -2.29. The number of methoxy groups -OCH3 is 1. The summed E-state index contributed by atoms with van der Waals surface area (Å²) in [6, 6.07) is 14.5. The Morgan fingerprint density at radius 1 is 0.968 bits per heavy atom. The van der Waals surface area contributed by atoms with Gasteiger partial charge in [-0.15, -0.1) is 0 Å². The van der Waals surface area contributed by atoms with Gasteiger partial charge in [-0.05, 0) is 62.1 Å². The van der Waals surface area contributed by atoms with Gasteiger partial charge in [0.25, 0.3) is 5.91 Å². The summed E-state index contributed by atoms with van der Waals surface area (Å²) in [6.07, 6.45) is 0. The predicted octanol–water partition coefficient (Wildman–Crippen LogP) is 4.14. The Kier molecular flexibility index (Phi) is 8.91. The van der Waals surface area contributed by atoms with Crippen molar-refractivity contribution in [2.45, 2.75) is 59.2 Å². The molecule has 168 valence electrons. The van der Waals surface area contributed by atoms with E-state index in [9.17, 15) is 9.59 Å². The van der Waals surface area contributed by atoms with Crippen molar-refractivity contribution in [2.75, 3.05) is 13.7 Å². The molecule has 1 atom stereocenters. The van der Waals surface area contributed by atoms with Crippen molar-refractivity contribution in [3.63, 3.8) is 0 Å². The molecule has 0 aliphatic carbocycles. The summed E-state index contributed by atoms with van der Waals surface area (Å²) in [5, 5.41) is 2.88. The van der Waals surface area contributed by atoms with Crippen LogP contribution in [0.2, 0.25) is 0 Å². The second kappa shape index (κ2) is 11.4. The zero-order valence-electron chi connectivity index (χ0n) is 19.3. The number of amides is 2. The summed E-state index contributed by atoms with van der Waals surface area (Å²) in [7, 11) is 1.60. The Morgan fingerprint density at radius 3 is 2.23 bits per heavy atom. The van der Waals surface area contributed by atoms with E-state index >= 15 is 0 Å². The average molecular weight is 427 g/mol. The highest BCUT2D eigenvalue weighted by Crippen LogP contribution is 2.20. The molecule has 6 nitrogen and oxygen atoms in total. The van der Waals surface area contributed by atoms with Gasteiger partial charge in [-0.2, -0.15) is 0 Å². The second-order valence-electron chi connectivity index (χ2n) is 8.22. The van der Waals surface area contributed by atoms with Gasteiger partial charge in [0, 0.05) is 12.6 Å². The molecule has 0 aromatic heterocycles. The molecule has 0 bridgehead atoms. The molecule has 31 heavy (non-hydrogen) atoms. The molecule has 0 fully saturated rings.